The molecule has 0 saturated heterocycles. The second-order valence-electron chi connectivity index (χ2n) is 2.91. The Morgan fingerprint density at radius 3 is 3.12 bits per heavy atom. The van der Waals surface area contributed by atoms with Gasteiger partial charge in [0, 0.05) is 18.0 Å². The minimum Gasteiger partial charge on any atom is -0.462 e. The van der Waals surface area contributed by atoms with Crippen molar-refractivity contribution < 1.29 is 9.53 Å². The van der Waals surface area contributed by atoms with Crippen LogP contribution in [-0.2, 0) is 4.74 Å². The van der Waals surface area contributed by atoms with Crippen molar-refractivity contribution in [3.05, 3.63) is 29.4 Å². The Labute approximate surface area is 96.3 Å². The van der Waals surface area contributed by atoms with Gasteiger partial charge < -0.3 is 4.74 Å². The monoisotopic (exact) mass is 235 g/mol. The first-order chi connectivity index (χ1) is 7.83. The van der Waals surface area contributed by atoms with Crippen molar-refractivity contribution in [1.29, 1.82) is 0 Å². The van der Waals surface area contributed by atoms with Gasteiger partial charge in [0.1, 0.15) is 5.69 Å². The maximum Gasteiger partial charge on any atom is 0.352 e. The molecule has 5 nitrogen and oxygen atoms in total. The van der Waals surface area contributed by atoms with Crippen LogP contribution in [0.25, 0.3) is 11.3 Å². The second kappa shape index (κ2) is 4.80. The number of carbonyl (C=O) groups excluding carboxylic acids is 1. The Kier molecular flexibility index (Phi) is 3.21. The second-order valence-corrected chi connectivity index (χ2v) is 3.67. The molecule has 0 aliphatic heterocycles. The lowest BCUT2D eigenvalue weighted by Crippen LogP contribution is -2.03. The van der Waals surface area contributed by atoms with Crippen molar-refractivity contribution >= 4 is 17.5 Å². The molecule has 6 heteroatoms. The molecule has 0 spiro atoms. The first kappa shape index (κ1) is 10.7. The lowest BCUT2D eigenvalue weighted by molar-refractivity contribution is 0.0532. The molecule has 2 rings (SSSR count). The summed E-state index contributed by atoms with van der Waals surface area (Å²) in [4.78, 5) is 16.0. The van der Waals surface area contributed by atoms with Crippen LogP contribution < -0.4 is 0 Å². The first-order valence-corrected chi connectivity index (χ1v) is 5.50. The van der Waals surface area contributed by atoms with Gasteiger partial charge in [-0.15, -0.1) is 5.10 Å². The van der Waals surface area contributed by atoms with Crippen LogP contribution in [0, 0.1) is 0 Å². The fourth-order valence-corrected chi connectivity index (χ4v) is 1.80. The van der Waals surface area contributed by atoms with Crippen LogP contribution in [0.1, 0.15) is 16.6 Å². The van der Waals surface area contributed by atoms with Gasteiger partial charge in [-0.1, -0.05) is 4.49 Å². The third-order valence-electron chi connectivity index (χ3n) is 1.88. The molecule has 0 bridgehead atoms. The summed E-state index contributed by atoms with van der Waals surface area (Å²) < 4.78 is 8.68. The van der Waals surface area contributed by atoms with Gasteiger partial charge in [0.2, 0.25) is 0 Å². The summed E-state index contributed by atoms with van der Waals surface area (Å²) in [5, 5.41) is 3.92. The van der Waals surface area contributed by atoms with Gasteiger partial charge >= 0.3 is 5.97 Å². The van der Waals surface area contributed by atoms with E-state index in [9.17, 15) is 4.79 Å². The van der Waals surface area contributed by atoms with E-state index in [4.69, 9.17) is 4.74 Å². The summed E-state index contributed by atoms with van der Waals surface area (Å²) >= 11 is 1.03. The van der Waals surface area contributed by atoms with Crippen molar-refractivity contribution in [3.8, 4) is 11.3 Å². The van der Waals surface area contributed by atoms with E-state index in [1.54, 1.807) is 25.4 Å². The Morgan fingerprint density at radius 1 is 1.56 bits per heavy atom. The van der Waals surface area contributed by atoms with Gasteiger partial charge in [-0.05, 0) is 30.6 Å². The van der Waals surface area contributed by atoms with E-state index >= 15 is 0 Å². The fraction of sp³-hybridized carbons (Fsp3) is 0.200. The number of pyridine rings is 1. The maximum absolute atomic E-state index is 11.6. The predicted molar refractivity (Wildman–Crippen MR) is 59.1 cm³/mol. The predicted octanol–water partition coefficient (Wildman–Crippen LogP) is 1.78. The highest BCUT2D eigenvalue weighted by Gasteiger charge is 2.18. The molecule has 2 aromatic heterocycles. The highest BCUT2D eigenvalue weighted by Crippen LogP contribution is 2.23. The molecule has 2 heterocycles. The summed E-state index contributed by atoms with van der Waals surface area (Å²) in [7, 11) is 0. The van der Waals surface area contributed by atoms with Crippen molar-refractivity contribution in [2.75, 3.05) is 6.61 Å². The standard InChI is InChI=1S/C10H9N3O2S/c1-2-15-10(14)9-8(12-13-16-9)7-4-3-5-11-6-7/h3-6H,2H2,1H3. The molecule has 0 aliphatic rings. The number of aromatic nitrogens is 3. The van der Waals surface area contributed by atoms with Crippen LogP contribution >= 0.6 is 11.5 Å². The van der Waals surface area contributed by atoms with E-state index in [1.807, 2.05) is 6.07 Å². The van der Waals surface area contributed by atoms with Gasteiger partial charge in [0.05, 0.1) is 6.61 Å². The van der Waals surface area contributed by atoms with E-state index in [2.05, 4.69) is 14.6 Å². The highest BCUT2D eigenvalue weighted by atomic mass is 32.1. The molecule has 0 N–H and O–H groups in total. The zero-order chi connectivity index (χ0) is 11.4. The largest absolute Gasteiger partial charge is 0.462 e. The van der Waals surface area contributed by atoms with Crippen LogP contribution in [0.5, 0.6) is 0 Å². The normalized spacial score (nSPS) is 10.1. The molecular weight excluding hydrogens is 226 g/mol. The molecule has 0 aromatic carbocycles. The molecule has 0 atom stereocenters. The SMILES string of the molecule is CCOC(=O)c1snnc1-c1cccnc1. The summed E-state index contributed by atoms with van der Waals surface area (Å²) in [6.45, 7) is 2.10. The number of esters is 1. The molecule has 0 aliphatic carbocycles. The lowest BCUT2D eigenvalue weighted by Gasteiger charge is -2.00. The smallest absolute Gasteiger partial charge is 0.352 e. The Morgan fingerprint density at radius 2 is 2.44 bits per heavy atom. The number of ether oxygens (including phenoxy) is 1. The van der Waals surface area contributed by atoms with E-state index in [1.165, 1.54) is 0 Å². The molecule has 0 unspecified atom stereocenters. The number of hydrogen-bond donors (Lipinski definition) is 0. The minimum absolute atomic E-state index is 0.337. The molecular formula is C10H9N3O2S. The Balaban J connectivity index is 2.37. The van der Waals surface area contributed by atoms with Crippen LogP contribution in [-0.4, -0.2) is 27.1 Å². The van der Waals surface area contributed by atoms with Gasteiger partial charge in [-0.3, -0.25) is 4.98 Å². The van der Waals surface area contributed by atoms with Gasteiger partial charge in [0.25, 0.3) is 0 Å². The van der Waals surface area contributed by atoms with Crippen LogP contribution in [0.2, 0.25) is 0 Å². The summed E-state index contributed by atoms with van der Waals surface area (Å²) in [5.41, 5.74) is 1.29. The fourth-order valence-electron chi connectivity index (χ4n) is 1.21. The first-order valence-electron chi connectivity index (χ1n) is 4.72. The number of hydrogen-bond acceptors (Lipinski definition) is 6. The molecule has 82 valence electrons. The molecule has 0 amide bonds. The van der Waals surface area contributed by atoms with Gasteiger partial charge in [0.15, 0.2) is 4.88 Å². The lowest BCUT2D eigenvalue weighted by atomic mass is 10.2. The molecule has 0 fully saturated rings. The van der Waals surface area contributed by atoms with Crippen molar-refractivity contribution in [3.63, 3.8) is 0 Å². The highest BCUT2D eigenvalue weighted by molar-refractivity contribution is 7.08. The zero-order valence-corrected chi connectivity index (χ0v) is 9.40. The average Bonchev–Trinajstić information content (AvgIpc) is 2.79. The number of nitrogens with zero attached hydrogens (tertiary/aromatic N) is 3. The van der Waals surface area contributed by atoms with E-state index in [0.717, 1.165) is 17.1 Å². The van der Waals surface area contributed by atoms with Crippen molar-refractivity contribution in [2.45, 2.75) is 6.92 Å². The molecule has 0 saturated carbocycles. The summed E-state index contributed by atoms with van der Waals surface area (Å²) in [6, 6.07) is 3.61. The molecule has 0 radical (unpaired) electrons. The van der Waals surface area contributed by atoms with Crippen LogP contribution in [0.4, 0.5) is 0 Å². The maximum atomic E-state index is 11.6. The summed E-state index contributed by atoms with van der Waals surface area (Å²) in [5.74, 6) is -0.392. The zero-order valence-electron chi connectivity index (χ0n) is 8.58. The molecule has 2 aromatic rings. The summed E-state index contributed by atoms with van der Waals surface area (Å²) in [6.07, 6.45) is 3.30. The van der Waals surface area contributed by atoms with E-state index in [0.29, 0.717) is 17.2 Å². The van der Waals surface area contributed by atoms with E-state index < -0.39 is 5.97 Å². The van der Waals surface area contributed by atoms with Crippen LogP contribution in [0.15, 0.2) is 24.5 Å². The number of carbonyl (C=O) groups is 1. The van der Waals surface area contributed by atoms with Gasteiger partial charge in [-0.25, -0.2) is 4.79 Å². The third-order valence-corrected chi connectivity index (χ3v) is 2.59. The van der Waals surface area contributed by atoms with Crippen molar-refractivity contribution in [1.82, 2.24) is 14.6 Å². The minimum atomic E-state index is -0.392. The Hall–Kier alpha value is -1.82. The average molecular weight is 235 g/mol. The number of rotatable bonds is 3. The van der Waals surface area contributed by atoms with E-state index in [-0.39, 0.29) is 0 Å². The molecule has 16 heavy (non-hydrogen) atoms. The third kappa shape index (κ3) is 2.06. The Bertz CT molecular complexity index is 484. The van der Waals surface area contributed by atoms with Crippen LogP contribution in [0.3, 0.4) is 0 Å². The topological polar surface area (TPSA) is 65.0 Å². The quantitative estimate of drug-likeness (QED) is 0.759. The van der Waals surface area contributed by atoms with Crippen molar-refractivity contribution in [2.24, 2.45) is 0 Å². The van der Waals surface area contributed by atoms with Gasteiger partial charge in [-0.2, -0.15) is 0 Å².